The smallest absolute Gasteiger partial charge is 0.121 e. The number of aliphatic hydroxyl groups excluding tert-OH is 1. The van der Waals surface area contributed by atoms with Gasteiger partial charge in [0.25, 0.3) is 0 Å². The van der Waals surface area contributed by atoms with Crippen LogP contribution in [0.1, 0.15) is 32.4 Å². The molecule has 3 rings (SSSR count). The Kier molecular flexibility index (Phi) is 3.58. The quantitative estimate of drug-likeness (QED) is 0.821. The van der Waals surface area contributed by atoms with Gasteiger partial charge in [-0.25, -0.2) is 0 Å². The van der Waals surface area contributed by atoms with Gasteiger partial charge in [-0.3, -0.25) is 0 Å². The molecule has 114 valence electrons. The second kappa shape index (κ2) is 5.15. The van der Waals surface area contributed by atoms with Crippen LogP contribution in [-0.2, 0) is 4.74 Å². The average Bonchev–Trinajstić information content (AvgIpc) is 2.46. The molecule has 1 heterocycles. The normalized spacial score (nSPS) is 39.0. The van der Waals surface area contributed by atoms with Gasteiger partial charge in [-0.2, -0.15) is 0 Å². The summed E-state index contributed by atoms with van der Waals surface area (Å²) < 4.78 is 6.16. The molecule has 2 aliphatic rings. The number of aliphatic hydroxyl groups is 1. The summed E-state index contributed by atoms with van der Waals surface area (Å²) in [5.74, 6) is 1.12. The van der Waals surface area contributed by atoms with E-state index in [1.165, 1.54) is 5.57 Å². The van der Waals surface area contributed by atoms with E-state index in [1.807, 2.05) is 18.2 Å². The lowest BCUT2D eigenvalue weighted by atomic mass is 9.56. The molecule has 3 heteroatoms. The van der Waals surface area contributed by atoms with E-state index in [9.17, 15) is 10.2 Å². The minimum Gasteiger partial charge on any atom is -0.508 e. The first-order valence-corrected chi connectivity index (χ1v) is 7.70. The van der Waals surface area contributed by atoms with Crippen molar-refractivity contribution >= 4 is 0 Å². The summed E-state index contributed by atoms with van der Waals surface area (Å²) in [5, 5.41) is 20.1. The number of phenolic OH excluding ortho intramolecular Hbond substituents is 1. The van der Waals surface area contributed by atoms with Crippen LogP contribution in [0.2, 0.25) is 0 Å². The van der Waals surface area contributed by atoms with Gasteiger partial charge in [0.05, 0.1) is 19.3 Å². The predicted molar refractivity (Wildman–Crippen MR) is 81.9 cm³/mol. The number of aromatic hydroxyl groups is 1. The summed E-state index contributed by atoms with van der Waals surface area (Å²) in [5.41, 5.74) is 1.95. The van der Waals surface area contributed by atoms with E-state index >= 15 is 0 Å². The number of hydrogen-bond donors (Lipinski definition) is 2. The predicted octanol–water partition coefficient (Wildman–Crippen LogP) is 3.29. The number of fused-ring (bicyclic) bond motifs is 2. The van der Waals surface area contributed by atoms with Crippen molar-refractivity contribution in [3.63, 3.8) is 0 Å². The Bertz CT molecular complexity index is 565. The number of benzene rings is 1. The van der Waals surface area contributed by atoms with E-state index < -0.39 is 0 Å². The molecule has 0 spiro atoms. The highest BCUT2D eigenvalue weighted by atomic mass is 16.5. The van der Waals surface area contributed by atoms with Crippen LogP contribution >= 0.6 is 0 Å². The lowest BCUT2D eigenvalue weighted by Gasteiger charge is -2.55. The van der Waals surface area contributed by atoms with Crippen LogP contribution in [0.15, 0.2) is 35.9 Å². The highest BCUT2D eigenvalue weighted by Gasteiger charge is 2.53. The van der Waals surface area contributed by atoms with Crippen molar-refractivity contribution in [1.29, 1.82) is 0 Å². The first-order valence-electron chi connectivity index (χ1n) is 7.70. The first-order chi connectivity index (χ1) is 10.0. The maximum atomic E-state index is 10.2. The first kappa shape index (κ1) is 14.6. The third-order valence-electron chi connectivity index (χ3n) is 5.79. The van der Waals surface area contributed by atoms with Gasteiger partial charge in [0.1, 0.15) is 5.75 Å². The van der Waals surface area contributed by atoms with Crippen LogP contribution in [0.25, 0.3) is 0 Å². The van der Waals surface area contributed by atoms with Gasteiger partial charge in [-0.1, -0.05) is 43.7 Å². The number of hydrogen-bond acceptors (Lipinski definition) is 3. The van der Waals surface area contributed by atoms with Gasteiger partial charge in [0.2, 0.25) is 0 Å². The van der Waals surface area contributed by atoms with E-state index in [4.69, 9.17) is 4.74 Å². The molecule has 0 aromatic heterocycles. The van der Waals surface area contributed by atoms with Crippen LogP contribution in [0.5, 0.6) is 5.75 Å². The topological polar surface area (TPSA) is 49.7 Å². The Morgan fingerprint density at radius 2 is 2.00 bits per heavy atom. The van der Waals surface area contributed by atoms with E-state index in [0.29, 0.717) is 18.4 Å². The van der Waals surface area contributed by atoms with E-state index in [2.05, 4.69) is 26.8 Å². The van der Waals surface area contributed by atoms with Crippen molar-refractivity contribution in [2.75, 3.05) is 13.2 Å². The Morgan fingerprint density at radius 3 is 2.67 bits per heavy atom. The molecule has 5 atom stereocenters. The molecule has 2 N–H and O–H groups in total. The van der Waals surface area contributed by atoms with E-state index in [0.717, 1.165) is 5.56 Å². The van der Waals surface area contributed by atoms with Crippen molar-refractivity contribution in [2.45, 2.75) is 26.9 Å². The molecule has 2 bridgehead atoms. The van der Waals surface area contributed by atoms with Crippen LogP contribution in [0.3, 0.4) is 0 Å². The Morgan fingerprint density at radius 1 is 1.29 bits per heavy atom. The molecule has 0 unspecified atom stereocenters. The SMILES string of the molecule is CC1=C[C@H](C)[C@@]2(CO)CO[C@H](c3ccccc3O)[C@@H]1[C@@H]2C. The molecule has 0 saturated carbocycles. The van der Waals surface area contributed by atoms with Crippen molar-refractivity contribution in [3.8, 4) is 5.75 Å². The Labute approximate surface area is 126 Å². The largest absolute Gasteiger partial charge is 0.508 e. The molecular weight excluding hydrogens is 264 g/mol. The van der Waals surface area contributed by atoms with Gasteiger partial charge < -0.3 is 14.9 Å². The van der Waals surface area contributed by atoms with Crippen LogP contribution in [0, 0.1) is 23.2 Å². The second-order valence-electron chi connectivity index (χ2n) is 6.70. The van der Waals surface area contributed by atoms with Crippen LogP contribution in [0.4, 0.5) is 0 Å². The number of phenols is 1. The van der Waals surface area contributed by atoms with Crippen molar-refractivity contribution < 1.29 is 14.9 Å². The van der Waals surface area contributed by atoms with E-state index in [-0.39, 0.29) is 29.8 Å². The fraction of sp³-hybridized carbons (Fsp3) is 0.556. The Balaban J connectivity index is 2.06. The molecule has 0 radical (unpaired) electrons. The number of ether oxygens (including phenoxy) is 1. The highest BCUT2D eigenvalue weighted by molar-refractivity contribution is 5.37. The summed E-state index contributed by atoms with van der Waals surface area (Å²) >= 11 is 0. The van der Waals surface area contributed by atoms with Gasteiger partial charge in [-0.05, 0) is 24.8 Å². The fourth-order valence-corrected chi connectivity index (χ4v) is 4.30. The van der Waals surface area contributed by atoms with Gasteiger partial charge in [-0.15, -0.1) is 0 Å². The zero-order valence-electron chi connectivity index (χ0n) is 12.9. The second-order valence-corrected chi connectivity index (χ2v) is 6.70. The van der Waals surface area contributed by atoms with Crippen molar-refractivity contribution in [2.24, 2.45) is 23.2 Å². The number of para-hydroxylation sites is 1. The zero-order chi connectivity index (χ0) is 15.2. The van der Waals surface area contributed by atoms with Crippen molar-refractivity contribution in [1.82, 2.24) is 0 Å². The van der Waals surface area contributed by atoms with Gasteiger partial charge >= 0.3 is 0 Å². The molecule has 1 aromatic rings. The molecule has 1 fully saturated rings. The average molecular weight is 288 g/mol. The molecule has 1 aliphatic carbocycles. The van der Waals surface area contributed by atoms with Crippen molar-refractivity contribution in [3.05, 3.63) is 41.5 Å². The molecule has 0 amide bonds. The molecule has 1 aromatic carbocycles. The summed E-state index contributed by atoms with van der Waals surface area (Å²) in [6.07, 6.45) is 2.14. The van der Waals surface area contributed by atoms with Gasteiger partial charge in [0.15, 0.2) is 0 Å². The Hall–Kier alpha value is -1.32. The van der Waals surface area contributed by atoms with Crippen LogP contribution < -0.4 is 0 Å². The lowest BCUT2D eigenvalue weighted by molar-refractivity contribution is -0.165. The molecule has 1 saturated heterocycles. The molecule has 21 heavy (non-hydrogen) atoms. The van der Waals surface area contributed by atoms with E-state index in [1.54, 1.807) is 6.07 Å². The fourth-order valence-electron chi connectivity index (χ4n) is 4.30. The lowest BCUT2D eigenvalue weighted by Crippen LogP contribution is -2.53. The summed E-state index contributed by atoms with van der Waals surface area (Å²) in [7, 11) is 0. The summed E-state index contributed by atoms with van der Waals surface area (Å²) in [6, 6.07) is 7.40. The zero-order valence-corrected chi connectivity index (χ0v) is 12.9. The number of rotatable bonds is 2. The monoisotopic (exact) mass is 288 g/mol. The molecular formula is C18H24O3. The minimum absolute atomic E-state index is 0.135. The molecule has 1 aliphatic heterocycles. The minimum atomic E-state index is -0.203. The number of allylic oxidation sites excluding steroid dienone is 1. The maximum absolute atomic E-state index is 10.2. The molecule has 3 nitrogen and oxygen atoms in total. The van der Waals surface area contributed by atoms with Crippen LogP contribution in [-0.4, -0.2) is 23.4 Å². The van der Waals surface area contributed by atoms with Gasteiger partial charge in [0, 0.05) is 16.9 Å². The highest BCUT2D eigenvalue weighted by Crippen LogP contribution is 2.56. The third-order valence-corrected chi connectivity index (χ3v) is 5.79. The summed E-state index contributed by atoms with van der Waals surface area (Å²) in [4.78, 5) is 0. The maximum Gasteiger partial charge on any atom is 0.121 e. The standard InChI is InChI=1S/C18H24O3/c1-11-8-12(2)18(9-19)10-21-17(16(11)13(18)3)14-6-4-5-7-15(14)20/h4-8,12-13,16-17,19-20H,9-10H2,1-3H3/t12-,13-,16-,17+,18+/m0/s1. The third kappa shape index (κ3) is 2.02. The summed E-state index contributed by atoms with van der Waals surface area (Å²) in [6.45, 7) is 7.19.